The average molecular weight is 197 g/mol. The van der Waals surface area contributed by atoms with Crippen molar-refractivity contribution in [1.29, 1.82) is 0 Å². The van der Waals surface area contributed by atoms with E-state index in [1.54, 1.807) is 0 Å². The Hall–Kier alpha value is -1.15. The molecule has 0 bridgehead atoms. The van der Waals surface area contributed by atoms with Gasteiger partial charge in [0.1, 0.15) is 5.25 Å². The number of hydrogen-bond acceptors (Lipinski definition) is 5. The van der Waals surface area contributed by atoms with Crippen molar-refractivity contribution in [2.75, 3.05) is 0 Å². The van der Waals surface area contributed by atoms with Crippen LogP contribution in [-0.2, 0) is 9.59 Å². The highest BCUT2D eigenvalue weighted by molar-refractivity contribution is 7.99. The fraction of sp³-hybridized carbons (Fsp3) is 0.500. The fourth-order valence-corrected chi connectivity index (χ4v) is 0.791. The van der Waals surface area contributed by atoms with Gasteiger partial charge in [-0.1, -0.05) is 0 Å². The van der Waals surface area contributed by atoms with Gasteiger partial charge < -0.3 is 15.7 Å². The third-order valence-corrected chi connectivity index (χ3v) is 1.51. The molecule has 0 rings (SSSR count). The molecule has 0 aliphatic heterocycles. The van der Waals surface area contributed by atoms with Crippen LogP contribution in [0.3, 0.4) is 0 Å². The number of rotatable bonds is 5. The summed E-state index contributed by atoms with van der Waals surface area (Å²) in [5.41, 5.74) is 0. The molecular weight excluding hydrogens is 190 g/mol. The summed E-state index contributed by atoms with van der Waals surface area (Å²) >= 11 is 0.202. The zero-order chi connectivity index (χ0) is 8.85. The SMILES string of the molecule is O.O=NSC(CC(=O)O)C(=O)O. The summed E-state index contributed by atoms with van der Waals surface area (Å²) < 4.78 is 2.23. The first-order valence-corrected chi connectivity index (χ1v) is 3.34. The number of carboxylic acids is 2. The van der Waals surface area contributed by atoms with Crippen molar-refractivity contribution < 1.29 is 25.3 Å². The molecule has 12 heavy (non-hydrogen) atoms. The zero-order valence-corrected chi connectivity index (χ0v) is 6.58. The molecule has 0 fully saturated rings. The molecule has 8 heteroatoms. The number of hydrogen-bond donors (Lipinski definition) is 2. The Balaban J connectivity index is 0. The second-order valence-electron chi connectivity index (χ2n) is 1.60. The summed E-state index contributed by atoms with van der Waals surface area (Å²) in [6, 6.07) is 0. The van der Waals surface area contributed by atoms with Crippen molar-refractivity contribution in [2.24, 2.45) is 4.58 Å². The quantitative estimate of drug-likeness (QED) is 0.450. The lowest BCUT2D eigenvalue weighted by Crippen LogP contribution is -2.19. The van der Waals surface area contributed by atoms with Crippen molar-refractivity contribution in [3.05, 3.63) is 4.91 Å². The van der Waals surface area contributed by atoms with Gasteiger partial charge in [-0.15, -0.1) is 4.91 Å². The molecule has 0 spiro atoms. The molecule has 0 heterocycles. The van der Waals surface area contributed by atoms with Gasteiger partial charge in [-0.05, 0) is 0 Å². The summed E-state index contributed by atoms with van der Waals surface area (Å²) in [4.78, 5) is 29.7. The highest BCUT2D eigenvalue weighted by Gasteiger charge is 2.22. The van der Waals surface area contributed by atoms with Crippen molar-refractivity contribution >= 4 is 23.9 Å². The van der Waals surface area contributed by atoms with E-state index in [4.69, 9.17) is 10.2 Å². The Morgan fingerprint density at radius 3 is 2.17 bits per heavy atom. The Bertz CT molecular complexity index is 182. The topological polar surface area (TPSA) is 136 Å². The molecule has 0 aromatic carbocycles. The van der Waals surface area contributed by atoms with Gasteiger partial charge in [0.25, 0.3) is 0 Å². The largest absolute Gasteiger partial charge is 0.481 e. The molecule has 0 amide bonds. The van der Waals surface area contributed by atoms with Gasteiger partial charge in [0.05, 0.1) is 6.42 Å². The van der Waals surface area contributed by atoms with Crippen molar-refractivity contribution in [3.8, 4) is 0 Å². The summed E-state index contributed by atoms with van der Waals surface area (Å²) in [6.45, 7) is 0. The lowest BCUT2D eigenvalue weighted by molar-refractivity contribution is -0.142. The number of carboxylic acid groups (broad SMARTS) is 2. The maximum atomic E-state index is 10.1. The number of nitroso groups, excluding NO2 is 1. The monoisotopic (exact) mass is 197 g/mol. The molecule has 0 aromatic heterocycles. The van der Waals surface area contributed by atoms with Crippen LogP contribution in [0.5, 0.6) is 0 Å². The lowest BCUT2D eigenvalue weighted by atomic mass is 10.3. The highest BCUT2D eigenvalue weighted by Crippen LogP contribution is 2.15. The van der Waals surface area contributed by atoms with Gasteiger partial charge in [-0.25, -0.2) is 0 Å². The van der Waals surface area contributed by atoms with Gasteiger partial charge in [0, 0.05) is 16.5 Å². The van der Waals surface area contributed by atoms with E-state index in [0.717, 1.165) is 0 Å². The van der Waals surface area contributed by atoms with Gasteiger partial charge >= 0.3 is 11.9 Å². The minimum Gasteiger partial charge on any atom is -0.481 e. The summed E-state index contributed by atoms with van der Waals surface area (Å²) in [6.07, 6.45) is -0.605. The van der Waals surface area contributed by atoms with E-state index in [-0.39, 0.29) is 17.4 Å². The maximum absolute atomic E-state index is 10.1. The van der Waals surface area contributed by atoms with Crippen LogP contribution in [0, 0.1) is 4.91 Å². The molecule has 0 aliphatic carbocycles. The van der Waals surface area contributed by atoms with E-state index in [1.165, 1.54) is 0 Å². The highest BCUT2D eigenvalue weighted by atomic mass is 32.2. The Kier molecular flexibility index (Phi) is 7.34. The van der Waals surface area contributed by atoms with Crippen LogP contribution in [0.1, 0.15) is 6.42 Å². The van der Waals surface area contributed by atoms with Crippen LogP contribution >= 0.6 is 11.9 Å². The lowest BCUT2D eigenvalue weighted by Gasteiger charge is -2.01. The normalized spacial score (nSPS) is 11.0. The van der Waals surface area contributed by atoms with E-state index >= 15 is 0 Å². The van der Waals surface area contributed by atoms with Gasteiger partial charge in [0.2, 0.25) is 0 Å². The number of aliphatic carboxylic acids is 2. The Morgan fingerprint density at radius 1 is 1.42 bits per heavy atom. The standard InChI is InChI=1S/C4H5NO5S.H2O/c6-3(7)1-2(4(8)9)11-5-10;/h2H,1H2,(H,6,7)(H,8,9);1H2. The molecule has 4 N–H and O–H groups in total. The van der Waals surface area contributed by atoms with Crippen molar-refractivity contribution in [1.82, 2.24) is 0 Å². The Morgan fingerprint density at radius 2 is 1.92 bits per heavy atom. The number of carbonyl (C=O) groups is 2. The van der Waals surface area contributed by atoms with Crippen LogP contribution in [0.25, 0.3) is 0 Å². The van der Waals surface area contributed by atoms with Crippen LogP contribution in [0.2, 0.25) is 0 Å². The van der Waals surface area contributed by atoms with Crippen LogP contribution in [0.4, 0.5) is 0 Å². The van der Waals surface area contributed by atoms with Crippen molar-refractivity contribution in [3.63, 3.8) is 0 Å². The summed E-state index contributed by atoms with van der Waals surface area (Å²) in [5, 5.41) is 15.1. The van der Waals surface area contributed by atoms with E-state index in [9.17, 15) is 14.5 Å². The molecule has 0 aliphatic rings. The van der Waals surface area contributed by atoms with Crippen LogP contribution < -0.4 is 0 Å². The minimum atomic E-state index is -1.35. The minimum absolute atomic E-state index is 0. The second kappa shape index (κ2) is 6.55. The van der Waals surface area contributed by atoms with Gasteiger partial charge in [-0.2, -0.15) is 0 Å². The fourth-order valence-electron chi connectivity index (χ4n) is 0.380. The molecule has 0 saturated heterocycles. The van der Waals surface area contributed by atoms with E-state index in [2.05, 4.69) is 4.58 Å². The first-order valence-electron chi connectivity index (χ1n) is 2.51. The molecule has 0 aromatic rings. The molecular formula is C4H7NO6S. The molecule has 0 saturated carbocycles. The van der Waals surface area contributed by atoms with Gasteiger partial charge in [0.15, 0.2) is 0 Å². The molecule has 0 radical (unpaired) electrons. The van der Waals surface area contributed by atoms with E-state index in [0.29, 0.717) is 0 Å². The first-order chi connectivity index (χ1) is 5.07. The predicted octanol–water partition coefficient (Wildman–Crippen LogP) is -0.496. The molecule has 1 atom stereocenters. The summed E-state index contributed by atoms with van der Waals surface area (Å²) in [7, 11) is 0. The Labute approximate surface area is 71.2 Å². The second-order valence-corrected chi connectivity index (χ2v) is 2.53. The predicted molar refractivity (Wildman–Crippen MR) is 40.7 cm³/mol. The van der Waals surface area contributed by atoms with Crippen LogP contribution in [0.15, 0.2) is 4.58 Å². The average Bonchev–Trinajstić information content (AvgIpc) is 1.86. The third kappa shape index (κ3) is 5.62. The molecule has 7 nitrogen and oxygen atoms in total. The smallest absolute Gasteiger partial charge is 0.319 e. The van der Waals surface area contributed by atoms with Crippen LogP contribution in [-0.4, -0.2) is 32.9 Å². The summed E-state index contributed by atoms with van der Waals surface area (Å²) in [5.74, 6) is -2.62. The number of nitrogens with zero attached hydrogens (tertiary/aromatic N) is 1. The van der Waals surface area contributed by atoms with E-state index in [1.807, 2.05) is 0 Å². The third-order valence-electron chi connectivity index (χ3n) is 0.806. The zero-order valence-electron chi connectivity index (χ0n) is 5.76. The molecule has 1 unspecified atom stereocenters. The van der Waals surface area contributed by atoms with Crippen molar-refractivity contribution in [2.45, 2.75) is 11.7 Å². The van der Waals surface area contributed by atoms with E-state index < -0.39 is 23.6 Å². The molecule has 70 valence electrons. The first kappa shape index (κ1) is 13.4. The van der Waals surface area contributed by atoms with Gasteiger partial charge in [-0.3, -0.25) is 9.59 Å². The maximum Gasteiger partial charge on any atom is 0.319 e.